The molecule has 8 heteroatoms. The first kappa shape index (κ1) is 18.5. The molecule has 0 spiro atoms. The normalized spacial score (nSPS) is 64.0. The molecule has 0 amide bonds. The van der Waals surface area contributed by atoms with Crippen LogP contribution >= 0.6 is 0 Å². The van der Waals surface area contributed by atoms with Crippen molar-refractivity contribution in [1.82, 2.24) is 0 Å². The smallest absolute Gasteiger partial charge is 0.335 e. The van der Waals surface area contributed by atoms with Gasteiger partial charge in [-0.15, -0.1) is 0 Å². The Balaban J connectivity index is 1.47. The average Bonchev–Trinajstić information content (AvgIpc) is 3.12. The van der Waals surface area contributed by atoms with E-state index in [1.807, 2.05) is 6.92 Å². The topological polar surface area (TPSA) is 137 Å². The van der Waals surface area contributed by atoms with Crippen molar-refractivity contribution in [2.24, 2.45) is 34.5 Å². The molecule has 5 aliphatic rings. The molecule has 5 N–H and O–H groups in total. The molecule has 0 aromatic rings. The summed E-state index contributed by atoms with van der Waals surface area (Å²) in [6.07, 6.45) is -14.5. The summed E-state index contributed by atoms with van der Waals surface area (Å²) in [5.41, 5.74) is -0.996. The molecule has 0 unspecified atom stereocenters. The van der Waals surface area contributed by atoms with E-state index in [9.17, 15) is 30.3 Å². The number of aliphatic hydroxyl groups is 4. The van der Waals surface area contributed by atoms with E-state index >= 15 is 0 Å². The molecule has 1 saturated heterocycles. The van der Waals surface area contributed by atoms with E-state index in [1.165, 1.54) is 0 Å². The molecular weight excluding hydrogens is 428 g/mol. The van der Waals surface area contributed by atoms with Gasteiger partial charge in [0.15, 0.2) is 12.4 Å². The van der Waals surface area contributed by atoms with Gasteiger partial charge in [0.2, 0.25) is 0 Å². The molecule has 4 saturated carbocycles. The lowest BCUT2D eigenvalue weighted by atomic mass is 9.45. The van der Waals surface area contributed by atoms with Gasteiger partial charge in [-0.25, -0.2) is 4.79 Å². The van der Waals surface area contributed by atoms with E-state index in [0.29, 0.717) is 12.8 Å². The minimum Gasteiger partial charge on any atom is -0.479 e. The minimum absolute atomic E-state index is 0.00389. The summed E-state index contributed by atoms with van der Waals surface area (Å²) in [5, 5.41) is 50.7. The predicted octanol–water partition coefficient (Wildman–Crippen LogP) is 1.67. The van der Waals surface area contributed by atoms with Crippen molar-refractivity contribution in [3.05, 3.63) is 0 Å². The SMILES string of the molecule is [2H]C1([2H])C[C@@]2(C)[C@H](CC[C@@H]3[C@@H]2CC[C@]2(C)[C@@H](O)CC[C@@H]32)C([2H])([2H])[C@]1([2H])O[C@H]1O[C@H](C(=O)O)[C@@H](O)[C@H](O)[C@H]1O. The molecule has 1 heterocycles. The number of hydrogen-bond acceptors (Lipinski definition) is 7. The van der Waals surface area contributed by atoms with Gasteiger partial charge in [0.05, 0.1) is 13.6 Å². The van der Waals surface area contributed by atoms with Gasteiger partial charge < -0.3 is 35.0 Å². The van der Waals surface area contributed by atoms with E-state index in [1.54, 1.807) is 0 Å². The number of carboxylic acids is 1. The van der Waals surface area contributed by atoms with Crippen LogP contribution in [0.15, 0.2) is 0 Å². The zero-order valence-corrected chi connectivity index (χ0v) is 19.2. The lowest BCUT2D eigenvalue weighted by Crippen LogP contribution is -2.61. The highest BCUT2D eigenvalue weighted by Gasteiger charge is 2.60. The Hall–Kier alpha value is -0.770. The standard InChI is InChI=1S/C25H40O8/c1-24-9-7-13(32-23-20(29)18(27)19(28)21(33-23)22(30)31)11-12(24)3-4-14-15-5-6-17(26)25(15,2)10-8-16(14)24/h12-21,23,26-29H,3-11H2,1-2H3,(H,30,31)/t12-,13-,14+,15+,16+,17+,18+,19+,20-,21+,23+,24+,25+/m1/s1/i7D2,11D2,13D. The van der Waals surface area contributed by atoms with Crippen LogP contribution in [0.25, 0.3) is 0 Å². The molecule has 5 rings (SSSR count). The Morgan fingerprint density at radius 2 is 1.70 bits per heavy atom. The van der Waals surface area contributed by atoms with Crippen LogP contribution in [0.1, 0.15) is 78.4 Å². The molecule has 13 atom stereocenters. The summed E-state index contributed by atoms with van der Waals surface area (Å²) in [4.78, 5) is 11.5. The van der Waals surface area contributed by atoms with Crippen molar-refractivity contribution in [3.8, 4) is 0 Å². The van der Waals surface area contributed by atoms with Gasteiger partial charge in [0.1, 0.15) is 18.3 Å². The van der Waals surface area contributed by atoms with Gasteiger partial charge in [-0.3, -0.25) is 0 Å². The van der Waals surface area contributed by atoms with Crippen LogP contribution in [0, 0.1) is 34.5 Å². The predicted molar refractivity (Wildman–Crippen MR) is 117 cm³/mol. The Bertz CT molecular complexity index is 970. The first-order valence-electron chi connectivity index (χ1n) is 14.7. The summed E-state index contributed by atoms with van der Waals surface area (Å²) in [7, 11) is 0. The molecule has 0 aromatic carbocycles. The molecule has 0 aromatic heterocycles. The number of hydrogen-bond donors (Lipinski definition) is 5. The Kier molecular flexibility index (Phi) is 4.72. The quantitative estimate of drug-likeness (QED) is 0.391. The molecule has 188 valence electrons. The minimum atomic E-state index is -2.90. The molecule has 0 radical (unpaired) electrons. The second-order valence-corrected chi connectivity index (χ2v) is 11.3. The molecular formula is C25H40O8. The third kappa shape index (κ3) is 3.67. The van der Waals surface area contributed by atoms with Crippen LogP contribution in [0.5, 0.6) is 0 Å². The number of ether oxygens (including phenoxy) is 2. The maximum Gasteiger partial charge on any atom is 0.335 e. The van der Waals surface area contributed by atoms with Crippen molar-refractivity contribution >= 4 is 5.97 Å². The fourth-order valence-corrected chi connectivity index (χ4v) is 7.74. The molecule has 0 bridgehead atoms. The highest BCUT2D eigenvalue weighted by atomic mass is 16.7. The third-order valence-corrected chi connectivity index (χ3v) is 9.80. The van der Waals surface area contributed by atoms with Crippen LogP contribution in [-0.2, 0) is 14.3 Å². The summed E-state index contributed by atoms with van der Waals surface area (Å²) in [6.45, 7) is 4.04. The third-order valence-electron chi connectivity index (χ3n) is 9.80. The lowest BCUT2D eigenvalue weighted by Gasteiger charge is -2.61. The highest BCUT2D eigenvalue weighted by Crippen LogP contribution is 2.66. The molecule has 5 fully saturated rings. The van der Waals surface area contributed by atoms with E-state index in [0.717, 1.165) is 25.7 Å². The van der Waals surface area contributed by atoms with Crippen LogP contribution in [0.4, 0.5) is 0 Å². The maximum atomic E-state index is 11.5. The number of rotatable bonds is 3. The lowest BCUT2D eigenvalue weighted by molar-refractivity contribution is -0.309. The number of aliphatic hydroxyl groups excluding tert-OH is 4. The van der Waals surface area contributed by atoms with E-state index < -0.39 is 66.8 Å². The van der Waals surface area contributed by atoms with Gasteiger partial charge in [-0.2, -0.15) is 0 Å². The van der Waals surface area contributed by atoms with Crippen molar-refractivity contribution in [2.75, 3.05) is 0 Å². The molecule has 33 heavy (non-hydrogen) atoms. The fraction of sp³-hybridized carbons (Fsp3) is 0.960. The first-order chi connectivity index (χ1) is 17.4. The van der Waals surface area contributed by atoms with Gasteiger partial charge in [0, 0.05) is 5.48 Å². The van der Waals surface area contributed by atoms with Gasteiger partial charge >= 0.3 is 5.97 Å². The number of fused-ring (bicyclic) bond motifs is 5. The largest absolute Gasteiger partial charge is 0.479 e. The summed E-state index contributed by atoms with van der Waals surface area (Å²) >= 11 is 0. The van der Waals surface area contributed by atoms with E-state index in [2.05, 4.69) is 6.92 Å². The van der Waals surface area contributed by atoms with Crippen molar-refractivity contribution in [2.45, 2.75) is 114 Å². The van der Waals surface area contributed by atoms with E-state index in [-0.39, 0.29) is 35.7 Å². The van der Waals surface area contributed by atoms with Crippen LogP contribution < -0.4 is 0 Å². The van der Waals surface area contributed by atoms with Crippen molar-refractivity contribution in [1.29, 1.82) is 0 Å². The van der Waals surface area contributed by atoms with Gasteiger partial charge in [0.25, 0.3) is 0 Å². The molecule has 1 aliphatic heterocycles. The fourth-order valence-electron chi connectivity index (χ4n) is 7.74. The van der Waals surface area contributed by atoms with Crippen molar-refractivity contribution < 1.29 is 46.7 Å². The second kappa shape index (κ2) is 8.42. The average molecular weight is 474 g/mol. The Morgan fingerprint density at radius 3 is 2.42 bits per heavy atom. The summed E-state index contributed by atoms with van der Waals surface area (Å²) < 4.78 is 55.9. The Morgan fingerprint density at radius 1 is 0.970 bits per heavy atom. The van der Waals surface area contributed by atoms with Crippen LogP contribution in [-0.4, -0.2) is 74.4 Å². The van der Waals surface area contributed by atoms with Crippen LogP contribution in [0.3, 0.4) is 0 Å². The first-order valence-corrected chi connectivity index (χ1v) is 12.2. The summed E-state index contributed by atoms with van der Waals surface area (Å²) in [5.74, 6) is -1.92. The number of carbonyl (C=O) groups is 1. The van der Waals surface area contributed by atoms with Crippen molar-refractivity contribution in [3.63, 3.8) is 0 Å². The highest BCUT2D eigenvalue weighted by molar-refractivity contribution is 5.73. The zero-order valence-electron chi connectivity index (χ0n) is 24.2. The van der Waals surface area contributed by atoms with Gasteiger partial charge in [-0.05, 0) is 92.2 Å². The van der Waals surface area contributed by atoms with Crippen LogP contribution in [0.2, 0.25) is 0 Å². The maximum absolute atomic E-state index is 11.5. The monoisotopic (exact) mass is 473 g/mol. The second-order valence-electron chi connectivity index (χ2n) is 11.3. The molecule has 8 nitrogen and oxygen atoms in total. The summed E-state index contributed by atoms with van der Waals surface area (Å²) in [6, 6.07) is 0. The number of carboxylic acid groups (broad SMARTS) is 1. The zero-order chi connectivity index (χ0) is 28.2. The number of aliphatic carboxylic acids is 1. The van der Waals surface area contributed by atoms with Gasteiger partial charge in [-0.1, -0.05) is 13.8 Å². The Labute approximate surface area is 202 Å². The molecule has 4 aliphatic carbocycles. The van der Waals surface area contributed by atoms with E-state index in [4.69, 9.17) is 16.3 Å².